The Morgan fingerprint density at radius 2 is 1.94 bits per heavy atom. The van der Waals surface area contributed by atoms with E-state index in [-0.39, 0.29) is 4.21 Å². The molecule has 0 aliphatic carbocycles. The highest BCUT2D eigenvalue weighted by Gasteiger charge is 2.34. The fourth-order valence-corrected chi connectivity index (χ4v) is 8.77. The standard InChI is InChI=1S/C20H22IN3O5S2/c1-21(2)18(13-8-6-5-7-9-13)19(20(25)26)23-31(27,28)17-11-10-15(30-17)14-12-16(24(3)4)29-22-14/h1,5-12,18-19,23H,2-4H3,(H,25,26)/t18-,19?/m1/s1. The van der Waals surface area contributed by atoms with Crippen molar-refractivity contribution >= 4 is 52.4 Å². The summed E-state index contributed by atoms with van der Waals surface area (Å²) in [5.74, 6) is -0.735. The van der Waals surface area contributed by atoms with Crippen molar-refractivity contribution in [2.24, 2.45) is 0 Å². The number of nitrogens with zero attached hydrogens (tertiary/aromatic N) is 2. The van der Waals surface area contributed by atoms with Gasteiger partial charge in [-0.2, -0.15) is 4.72 Å². The second-order valence-corrected chi connectivity index (χ2v) is 14.5. The molecule has 0 fully saturated rings. The Morgan fingerprint density at radius 3 is 2.48 bits per heavy atom. The molecule has 0 aliphatic heterocycles. The maximum absolute atomic E-state index is 13.0. The van der Waals surface area contributed by atoms with Crippen molar-refractivity contribution in [3.8, 4) is 14.9 Å². The molecule has 166 valence electrons. The first-order valence-corrected chi connectivity index (χ1v) is 15.9. The fraction of sp³-hybridized carbons (Fsp3) is 0.250. The molecule has 0 aliphatic rings. The number of carboxylic acids is 1. The zero-order valence-electron chi connectivity index (χ0n) is 17.0. The summed E-state index contributed by atoms with van der Waals surface area (Å²) in [7, 11) is -0.496. The van der Waals surface area contributed by atoms with Crippen molar-refractivity contribution in [1.82, 2.24) is 9.88 Å². The lowest BCUT2D eigenvalue weighted by atomic mass is 10.1. The predicted molar refractivity (Wildman–Crippen MR) is 130 cm³/mol. The maximum Gasteiger partial charge on any atom is 0.323 e. The SMILES string of the molecule is C#I(C)[C@H](c1ccccc1)C(NS(=O)(=O)c1ccc(-c2cc(N(C)C)on2)s1)C(=O)O. The van der Waals surface area contributed by atoms with Gasteiger partial charge in [-0.1, -0.05) is 35.5 Å². The van der Waals surface area contributed by atoms with Gasteiger partial charge in [-0.15, -0.1) is 34.8 Å². The van der Waals surface area contributed by atoms with E-state index >= 15 is 0 Å². The summed E-state index contributed by atoms with van der Waals surface area (Å²) in [4.78, 5) is 16.2. The first kappa shape index (κ1) is 23.5. The van der Waals surface area contributed by atoms with Crippen LogP contribution in [-0.2, 0) is 14.8 Å². The van der Waals surface area contributed by atoms with Gasteiger partial charge in [0.1, 0.15) is 15.9 Å². The predicted octanol–water partition coefficient (Wildman–Crippen LogP) is 3.67. The second kappa shape index (κ2) is 9.53. The van der Waals surface area contributed by atoms with Crippen LogP contribution >= 0.6 is 30.5 Å². The second-order valence-electron chi connectivity index (χ2n) is 6.88. The number of halogens is 1. The van der Waals surface area contributed by atoms with Crippen LogP contribution in [0.5, 0.6) is 0 Å². The van der Waals surface area contributed by atoms with E-state index in [1.807, 2.05) is 11.0 Å². The highest BCUT2D eigenvalue weighted by molar-refractivity contribution is 14.2. The zero-order chi connectivity index (χ0) is 22.8. The summed E-state index contributed by atoms with van der Waals surface area (Å²) in [6.45, 7) is 0. The van der Waals surface area contributed by atoms with Crippen LogP contribution in [0.25, 0.3) is 10.6 Å². The summed E-state index contributed by atoms with van der Waals surface area (Å²) in [6.07, 6.45) is 0. The van der Waals surface area contributed by atoms with Gasteiger partial charge in [-0.3, -0.25) is 4.79 Å². The van der Waals surface area contributed by atoms with Crippen LogP contribution in [-0.4, -0.2) is 49.7 Å². The van der Waals surface area contributed by atoms with Gasteiger partial charge in [0.15, 0.2) is 0 Å². The van der Waals surface area contributed by atoms with Crippen molar-refractivity contribution in [2.45, 2.75) is 14.2 Å². The number of aliphatic carboxylic acids is 1. The molecule has 2 atom stereocenters. The Labute approximate surface area is 191 Å². The van der Waals surface area contributed by atoms with Gasteiger partial charge in [0, 0.05) is 20.2 Å². The third-order valence-electron chi connectivity index (χ3n) is 4.37. The lowest BCUT2D eigenvalue weighted by Gasteiger charge is -2.24. The number of hydrogen-bond donors (Lipinski definition) is 2. The molecule has 11 heteroatoms. The number of nitrogens with one attached hydrogen (secondary N) is 1. The molecule has 31 heavy (non-hydrogen) atoms. The van der Waals surface area contributed by atoms with Crippen LogP contribution in [0.2, 0.25) is 0 Å². The van der Waals surface area contributed by atoms with Crippen molar-refractivity contribution in [3.63, 3.8) is 0 Å². The van der Waals surface area contributed by atoms with Crippen LogP contribution in [0.15, 0.2) is 57.3 Å². The van der Waals surface area contributed by atoms with Gasteiger partial charge in [-0.25, -0.2) is 8.42 Å². The summed E-state index contributed by atoms with van der Waals surface area (Å²) in [6, 6.07) is 12.3. The topological polar surface area (TPSA) is 113 Å². The number of alkyl halides is 2. The molecule has 0 radical (unpaired) electrons. The van der Waals surface area contributed by atoms with Crippen molar-refractivity contribution in [1.29, 1.82) is 0 Å². The largest absolute Gasteiger partial charge is 0.480 e. The van der Waals surface area contributed by atoms with E-state index in [9.17, 15) is 18.3 Å². The number of benzene rings is 1. The number of anilines is 1. The molecule has 0 amide bonds. The molecule has 3 aromatic rings. The van der Waals surface area contributed by atoms with E-state index in [4.69, 9.17) is 8.84 Å². The molecule has 2 heterocycles. The summed E-state index contributed by atoms with van der Waals surface area (Å²) in [5.41, 5.74) is 1.20. The van der Waals surface area contributed by atoms with E-state index < -0.39 is 45.1 Å². The number of carboxylic acid groups (broad SMARTS) is 1. The highest BCUT2D eigenvalue weighted by atomic mass is 127. The normalized spacial score (nSPS) is 13.8. The van der Waals surface area contributed by atoms with E-state index in [1.165, 1.54) is 6.07 Å². The molecular weight excluding hydrogens is 553 g/mol. The maximum atomic E-state index is 13.0. The van der Waals surface area contributed by atoms with Gasteiger partial charge in [0.25, 0.3) is 10.0 Å². The van der Waals surface area contributed by atoms with Crippen LogP contribution < -0.4 is 9.62 Å². The zero-order valence-corrected chi connectivity index (χ0v) is 20.8. The Morgan fingerprint density at radius 1 is 1.26 bits per heavy atom. The number of rotatable bonds is 8. The van der Waals surface area contributed by atoms with E-state index in [2.05, 4.69) is 9.88 Å². The molecular formula is C20H22IN3O5S2. The minimum absolute atomic E-state index is 0.0107. The third-order valence-corrected chi connectivity index (χ3v) is 11.0. The van der Waals surface area contributed by atoms with Gasteiger partial charge < -0.3 is 14.5 Å². The summed E-state index contributed by atoms with van der Waals surface area (Å²) >= 11 is -1.30. The Kier molecular flexibility index (Phi) is 7.22. The Hall–Kier alpha value is -2.18. The molecule has 1 unspecified atom stereocenters. The first-order valence-electron chi connectivity index (χ1n) is 8.97. The number of aromatic nitrogens is 1. The molecule has 0 saturated carbocycles. The number of sulfonamides is 1. The number of hydrogen-bond acceptors (Lipinski definition) is 7. The van der Waals surface area contributed by atoms with Gasteiger partial charge in [-0.05, 0) is 22.6 Å². The fourth-order valence-electron chi connectivity index (χ4n) is 2.88. The average Bonchev–Trinajstić information content (AvgIpc) is 3.38. The molecule has 0 spiro atoms. The van der Waals surface area contributed by atoms with Gasteiger partial charge in [0.05, 0.1) is 8.80 Å². The van der Waals surface area contributed by atoms with Crippen LogP contribution in [0, 0.1) is 4.31 Å². The van der Waals surface area contributed by atoms with Crippen molar-refractivity contribution in [3.05, 3.63) is 54.1 Å². The van der Waals surface area contributed by atoms with Crippen molar-refractivity contribution in [2.75, 3.05) is 23.9 Å². The van der Waals surface area contributed by atoms with E-state index in [0.29, 0.717) is 22.0 Å². The lowest BCUT2D eigenvalue weighted by Crippen LogP contribution is -2.43. The molecule has 0 saturated heterocycles. The number of thiophene rings is 1. The monoisotopic (exact) mass is 575 g/mol. The minimum atomic E-state index is -4.10. The Bertz CT molecular complexity index is 1240. The average molecular weight is 575 g/mol. The van der Waals surface area contributed by atoms with Crippen LogP contribution in [0.1, 0.15) is 9.49 Å². The molecule has 0 bridgehead atoms. The molecule has 8 nitrogen and oxygen atoms in total. The van der Waals surface area contributed by atoms with E-state index in [1.54, 1.807) is 55.4 Å². The smallest absolute Gasteiger partial charge is 0.323 e. The summed E-state index contributed by atoms with van der Waals surface area (Å²) < 4.78 is 39.2. The van der Waals surface area contributed by atoms with Crippen LogP contribution in [0.4, 0.5) is 5.88 Å². The third kappa shape index (κ3) is 5.36. The first-order chi connectivity index (χ1) is 14.6. The molecule has 2 N–H and O–H groups in total. The van der Waals surface area contributed by atoms with E-state index in [0.717, 1.165) is 11.3 Å². The highest BCUT2D eigenvalue weighted by Crippen LogP contribution is 2.40. The summed E-state index contributed by atoms with van der Waals surface area (Å²) in [5, 5.41) is 13.8. The number of carbonyl (C=O) groups is 1. The molecule has 2 aromatic heterocycles. The van der Waals surface area contributed by atoms with Crippen molar-refractivity contribution < 1.29 is 22.8 Å². The van der Waals surface area contributed by atoms with Gasteiger partial charge >= 0.3 is 5.97 Å². The quantitative estimate of drug-likeness (QED) is 0.312. The molecule has 1 aromatic carbocycles. The molecule has 3 rings (SSSR count). The lowest BCUT2D eigenvalue weighted by molar-refractivity contribution is -0.138. The minimum Gasteiger partial charge on any atom is -0.480 e. The van der Waals surface area contributed by atoms with Gasteiger partial charge in [0.2, 0.25) is 5.88 Å². The van der Waals surface area contributed by atoms with Crippen LogP contribution in [0.3, 0.4) is 0 Å². The Balaban J connectivity index is 1.91.